The summed E-state index contributed by atoms with van der Waals surface area (Å²) < 4.78 is 5.47. The topological polar surface area (TPSA) is 53.9 Å². The van der Waals surface area contributed by atoms with Crippen molar-refractivity contribution in [3.8, 4) is 0 Å². The predicted octanol–water partition coefficient (Wildman–Crippen LogP) is 3.52. The number of carbonyl (C=O) groups is 1. The van der Waals surface area contributed by atoms with Crippen molar-refractivity contribution >= 4 is 23.2 Å². The highest BCUT2D eigenvalue weighted by Crippen LogP contribution is 2.23. The SMILES string of the molecule is C/C(=N/NC(=O)c1ccc(Cl)cc1)[C@@H](c1ccccc1)N1CCOCC1. The fourth-order valence-electron chi connectivity index (χ4n) is 3.05. The highest BCUT2D eigenvalue weighted by molar-refractivity contribution is 6.30. The second-order valence-corrected chi connectivity index (χ2v) is 6.60. The lowest BCUT2D eigenvalue weighted by molar-refractivity contribution is 0.0285. The molecule has 2 aromatic carbocycles. The van der Waals surface area contributed by atoms with E-state index in [0.29, 0.717) is 23.8 Å². The lowest BCUT2D eigenvalue weighted by Gasteiger charge is -2.34. The van der Waals surface area contributed by atoms with E-state index in [1.807, 2.05) is 25.1 Å². The van der Waals surface area contributed by atoms with Crippen LogP contribution in [0.1, 0.15) is 28.9 Å². The zero-order valence-corrected chi connectivity index (χ0v) is 15.4. The molecule has 1 fully saturated rings. The van der Waals surface area contributed by atoms with Crippen LogP contribution in [-0.4, -0.2) is 42.8 Å². The Kier molecular flexibility index (Phi) is 6.39. The highest BCUT2D eigenvalue weighted by atomic mass is 35.5. The number of morpholine rings is 1. The number of rotatable bonds is 5. The molecular formula is C20H22ClN3O2. The number of hydrogen-bond acceptors (Lipinski definition) is 4. The minimum Gasteiger partial charge on any atom is -0.379 e. The first-order chi connectivity index (χ1) is 12.6. The van der Waals surface area contributed by atoms with Crippen LogP contribution < -0.4 is 5.43 Å². The molecule has 0 saturated carbocycles. The van der Waals surface area contributed by atoms with Crippen molar-refractivity contribution in [2.45, 2.75) is 13.0 Å². The first-order valence-corrected chi connectivity index (χ1v) is 9.00. The lowest BCUT2D eigenvalue weighted by Crippen LogP contribution is -2.42. The number of halogens is 1. The van der Waals surface area contributed by atoms with Gasteiger partial charge in [0.25, 0.3) is 5.91 Å². The molecule has 3 rings (SSSR count). The molecular weight excluding hydrogens is 350 g/mol. The predicted molar refractivity (Wildman–Crippen MR) is 104 cm³/mol. The molecule has 1 amide bonds. The average molecular weight is 372 g/mol. The Hall–Kier alpha value is -2.21. The molecule has 6 heteroatoms. The standard InChI is InChI=1S/C20H22ClN3O2/c1-15(22-23-20(25)17-7-9-18(21)10-8-17)19(16-5-3-2-4-6-16)24-11-13-26-14-12-24/h2-10,19H,11-14H2,1H3,(H,23,25)/b22-15-/t19-/m0/s1. The van der Waals surface area contributed by atoms with Gasteiger partial charge in [0.15, 0.2) is 0 Å². The van der Waals surface area contributed by atoms with E-state index in [0.717, 1.165) is 24.4 Å². The summed E-state index contributed by atoms with van der Waals surface area (Å²) in [6.45, 7) is 5.01. The second kappa shape index (κ2) is 8.94. The molecule has 1 atom stereocenters. The first kappa shape index (κ1) is 18.6. The van der Waals surface area contributed by atoms with Crippen LogP contribution in [0.5, 0.6) is 0 Å². The van der Waals surface area contributed by atoms with Crippen molar-refractivity contribution in [2.24, 2.45) is 5.10 Å². The normalized spacial score (nSPS) is 16.9. The van der Waals surface area contributed by atoms with Crippen LogP contribution in [0.3, 0.4) is 0 Å². The molecule has 1 heterocycles. The maximum absolute atomic E-state index is 12.3. The third kappa shape index (κ3) is 4.69. The first-order valence-electron chi connectivity index (χ1n) is 8.62. The lowest BCUT2D eigenvalue weighted by atomic mass is 10.0. The molecule has 1 aliphatic heterocycles. The van der Waals surface area contributed by atoms with E-state index in [2.05, 4.69) is 27.6 Å². The maximum atomic E-state index is 12.3. The smallest absolute Gasteiger partial charge is 0.271 e. The van der Waals surface area contributed by atoms with Crippen LogP contribution in [0, 0.1) is 0 Å². The number of benzene rings is 2. The van der Waals surface area contributed by atoms with Crippen LogP contribution in [0.15, 0.2) is 59.7 Å². The van der Waals surface area contributed by atoms with Gasteiger partial charge >= 0.3 is 0 Å². The molecule has 0 radical (unpaired) electrons. The quantitative estimate of drug-likeness (QED) is 0.646. The monoisotopic (exact) mass is 371 g/mol. The largest absolute Gasteiger partial charge is 0.379 e. The molecule has 26 heavy (non-hydrogen) atoms. The molecule has 0 aromatic heterocycles. The minimum absolute atomic E-state index is 0.00520. The van der Waals surface area contributed by atoms with Crippen molar-refractivity contribution in [3.63, 3.8) is 0 Å². The van der Waals surface area contributed by atoms with Crippen LogP contribution in [-0.2, 0) is 4.74 Å². The Labute approximate surface area is 158 Å². The summed E-state index contributed by atoms with van der Waals surface area (Å²) in [4.78, 5) is 14.6. The van der Waals surface area contributed by atoms with Gasteiger partial charge in [0.05, 0.1) is 25.0 Å². The van der Waals surface area contributed by atoms with Gasteiger partial charge in [-0.05, 0) is 36.8 Å². The third-order valence-corrected chi connectivity index (χ3v) is 4.61. The van der Waals surface area contributed by atoms with Gasteiger partial charge < -0.3 is 4.74 Å². The summed E-state index contributed by atoms with van der Waals surface area (Å²) in [5.41, 5.74) is 5.16. The van der Waals surface area contributed by atoms with Crippen molar-refractivity contribution in [2.75, 3.05) is 26.3 Å². The number of carbonyl (C=O) groups excluding carboxylic acids is 1. The zero-order chi connectivity index (χ0) is 18.4. The van der Waals surface area contributed by atoms with E-state index in [1.165, 1.54) is 0 Å². The summed E-state index contributed by atoms with van der Waals surface area (Å²) >= 11 is 5.86. The van der Waals surface area contributed by atoms with Crippen molar-refractivity contribution in [3.05, 3.63) is 70.7 Å². The van der Waals surface area contributed by atoms with E-state index < -0.39 is 0 Å². The van der Waals surface area contributed by atoms with E-state index >= 15 is 0 Å². The summed E-state index contributed by atoms with van der Waals surface area (Å²) in [6.07, 6.45) is 0. The molecule has 0 bridgehead atoms. The van der Waals surface area contributed by atoms with Gasteiger partial charge in [-0.3, -0.25) is 9.69 Å². The molecule has 0 aliphatic carbocycles. The second-order valence-electron chi connectivity index (χ2n) is 6.16. The van der Waals surface area contributed by atoms with E-state index in [1.54, 1.807) is 24.3 Å². The Balaban J connectivity index is 1.77. The highest BCUT2D eigenvalue weighted by Gasteiger charge is 2.25. The van der Waals surface area contributed by atoms with Crippen LogP contribution in [0.25, 0.3) is 0 Å². The molecule has 2 aromatic rings. The van der Waals surface area contributed by atoms with E-state index in [-0.39, 0.29) is 11.9 Å². The number of nitrogens with one attached hydrogen (secondary N) is 1. The average Bonchev–Trinajstić information content (AvgIpc) is 2.68. The molecule has 0 unspecified atom stereocenters. The Morgan fingerprint density at radius 3 is 2.42 bits per heavy atom. The minimum atomic E-state index is -0.255. The van der Waals surface area contributed by atoms with Crippen LogP contribution in [0.2, 0.25) is 5.02 Å². The summed E-state index contributed by atoms with van der Waals surface area (Å²) in [7, 11) is 0. The number of amides is 1. The van der Waals surface area contributed by atoms with Gasteiger partial charge in [-0.2, -0.15) is 5.10 Å². The summed E-state index contributed by atoms with van der Waals surface area (Å²) in [6, 6.07) is 16.9. The maximum Gasteiger partial charge on any atom is 0.271 e. The number of nitrogens with zero attached hydrogens (tertiary/aromatic N) is 2. The fraction of sp³-hybridized carbons (Fsp3) is 0.300. The third-order valence-electron chi connectivity index (χ3n) is 4.36. The molecule has 0 spiro atoms. The Morgan fingerprint density at radius 2 is 1.77 bits per heavy atom. The molecule has 1 aliphatic rings. The van der Waals surface area contributed by atoms with Gasteiger partial charge in [-0.25, -0.2) is 5.43 Å². The van der Waals surface area contributed by atoms with Crippen LogP contribution in [0.4, 0.5) is 0 Å². The summed E-state index contributed by atoms with van der Waals surface area (Å²) in [5, 5.41) is 4.97. The summed E-state index contributed by atoms with van der Waals surface area (Å²) in [5.74, 6) is -0.255. The van der Waals surface area contributed by atoms with E-state index in [4.69, 9.17) is 16.3 Å². The van der Waals surface area contributed by atoms with Crippen molar-refractivity contribution < 1.29 is 9.53 Å². The number of hydrogen-bond donors (Lipinski definition) is 1. The van der Waals surface area contributed by atoms with Crippen molar-refractivity contribution in [1.82, 2.24) is 10.3 Å². The van der Waals surface area contributed by atoms with Gasteiger partial charge in [-0.15, -0.1) is 0 Å². The Bertz CT molecular complexity index is 756. The van der Waals surface area contributed by atoms with Gasteiger partial charge in [0.1, 0.15) is 0 Å². The number of hydrazone groups is 1. The molecule has 1 saturated heterocycles. The molecule has 136 valence electrons. The van der Waals surface area contributed by atoms with Gasteiger partial charge in [0, 0.05) is 23.7 Å². The molecule has 5 nitrogen and oxygen atoms in total. The Morgan fingerprint density at radius 1 is 1.12 bits per heavy atom. The van der Waals surface area contributed by atoms with Crippen molar-refractivity contribution in [1.29, 1.82) is 0 Å². The number of ether oxygens (including phenoxy) is 1. The van der Waals surface area contributed by atoms with Crippen LogP contribution >= 0.6 is 11.6 Å². The molecule has 1 N–H and O–H groups in total. The zero-order valence-electron chi connectivity index (χ0n) is 14.7. The fourth-order valence-corrected chi connectivity index (χ4v) is 3.18. The van der Waals surface area contributed by atoms with E-state index in [9.17, 15) is 4.79 Å². The van der Waals surface area contributed by atoms with Gasteiger partial charge in [-0.1, -0.05) is 41.9 Å². The van der Waals surface area contributed by atoms with Gasteiger partial charge in [0.2, 0.25) is 0 Å².